The topological polar surface area (TPSA) is 0 Å². The van der Waals surface area contributed by atoms with Crippen molar-refractivity contribution in [2.75, 3.05) is 0 Å². The lowest BCUT2D eigenvalue weighted by molar-refractivity contribution is 1.56. The smallest absolute Gasteiger partial charge is 0.0279 e. The van der Waals surface area contributed by atoms with E-state index >= 15 is 0 Å². The van der Waals surface area contributed by atoms with Crippen LogP contribution in [0.2, 0.25) is 0 Å². The largest absolute Gasteiger partial charge is 0.0918 e. The van der Waals surface area contributed by atoms with Crippen LogP contribution in [0.1, 0.15) is 16.7 Å². The van der Waals surface area contributed by atoms with E-state index in [-0.39, 0.29) is 0 Å². The van der Waals surface area contributed by atoms with E-state index in [9.17, 15) is 0 Å². The maximum atomic E-state index is 3.84. The molecule has 0 fully saturated rings. The molecule has 1 rings (SSSR count). The van der Waals surface area contributed by atoms with E-state index in [1.807, 2.05) is 18.2 Å². The monoisotopic (exact) mass is 246 g/mol. The van der Waals surface area contributed by atoms with Crippen molar-refractivity contribution < 1.29 is 0 Å². The molecule has 0 saturated heterocycles. The Morgan fingerprint density at radius 2 is 0.867 bits per heavy atom. The Morgan fingerprint density at radius 3 is 1.07 bits per heavy atom. The molecule has 15 heavy (non-hydrogen) atoms. The molecule has 0 bridgehead atoms. The van der Waals surface area contributed by atoms with E-state index in [0.717, 1.165) is 16.7 Å². The van der Waals surface area contributed by atoms with Crippen LogP contribution in [0.15, 0.2) is 18.2 Å². The van der Waals surface area contributed by atoms with Gasteiger partial charge in [0.05, 0.1) is 0 Å². The average Bonchev–Trinajstić information content (AvgIpc) is 2.19. The lowest BCUT2D eigenvalue weighted by Crippen LogP contribution is -1.83. The lowest BCUT2D eigenvalue weighted by Gasteiger charge is -1.96. The molecule has 72 valence electrons. The summed E-state index contributed by atoms with van der Waals surface area (Å²) in [4.78, 5) is 0. The van der Waals surface area contributed by atoms with Gasteiger partial charge in [0.25, 0.3) is 0 Å². The third-order valence-electron chi connectivity index (χ3n) is 1.53. The van der Waals surface area contributed by atoms with Crippen molar-refractivity contribution in [1.82, 2.24) is 0 Å². The molecule has 0 aromatic heterocycles. The Morgan fingerprint density at radius 1 is 0.600 bits per heavy atom. The molecule has 0 saturated carbocycles. The molecule has 0 amide bonds. The second-order valence-electron chi connectivity index (χ2n) is 2.51. The van der Waals surface area contributed by atoms with Gasteiger partial charge in [-0.2, -0.15) is 0 Å². The number of hydrogen-bond donors (Lipinski definition) is 3. The van der Waals surface area contributed by atoms with E-state index in [1.54, 1.807) is 0 Å². The fraction of sp³-hybridized carbons (Fsp3) is 0. The fourth-order valence-electron chi connectivity index (χ4n) is 1.04. The van der Waals surface area contributed by atoms with Gasteiger partial charge < -0.3 is 0 Å². The van der Waals surface area contributed by atoms with Crippen molar-refractivity contribution in [3.63, 3.8) is 0 Å². The summed E-state index contributed by atoms with van der Waals surface area (Å²) in [5.74, 6) is 8.50. The number of thiol groups is 3. The summed E-state index contributed by atoms with van der Waals surface area (Å²) in [6, 6.07) is 5.57. The standard InChI is InChI=1S/C12H6S3/c13-4-1-10-7-11(2-5-14)9-12(8-10)3-6-15/h7-9,13-15H. The maximum Gasteiger partial charge on any atom is 0.0279 e. The number of rotatable bonds is 0. The Kier molecular flexibility index (Phi) is 5.16. The highest BCUT2D eigenvalue weighted by molar-refractivity contribution is 7.85. The zero-order valence-corrected chi connectivity index (χ0v) is 10.3. The zero-order chi connectivity index (χ0) is 11.1. The molecule has 0 spiro atoms. The van der Waals surface area contributed by atoms with Crippen LogP contribution in [0.3, 0.4) is 0 Å². The molecule has 0 radical (unpaired) electrons. The lowest BCUT2D eigenvalue weighted by atomic mass is 10.1. The highest BCUT2D eigenvalue weighted by Crippen LogP contribution is 2.08. The number of benzene rings is 1. The quantitative estimate of drug-likeness (QED) is 0.454. The van der Waals surface area contributed by atoms with Gasteiger partial charge in [-0.1, -0.05) is 55.6 Å². The molecule has 0 aliphatic rings. The molecule has 0 atom stereocenters. The third kappa shape index (κ3) is 3.90. The van der Waals surface area contributed by atoms with E-state index < -0.39 is 0 Å². The van der Waals surface area contributed by atoms with Gasteiger partial charge in [-0.25, -0.2) is 0 Å². The van der Waals surface area contributed by atoms with Crippen LogP contribution < -0.4 is 0 Å². The van der Waals surface area contributed by atoms with Gasteiger partial charge >= 0.3 is 0 Å². The third-order valence-corrected chi connectivity index (χ3v) is 1.87. The molecule has 1 aromatic rings. The van der Waals surface area contributed by atoms with Crippen LogP contribution in [-0.4, -0.2) is 0 Å². The summed E-state index contributed by atoms with van der Waals surface area (Å²) < 4.78 is 0. The van der Waals surface area contributed by atoms with Gasteiger partial charge in [0.1, 0.15) is 0 Å². The van der Waals surface area contributed by atoms with Gasteiger partial charge in [-0.3, -0.25) is 0 Å². The summed E-state index contributed by atoms with van der Waals surface area (Å²) >= 11 is 11.5. The van der Waals surface area contributed by atoms with Gasteiger partial charge in [-0.05, 0) is 34.0 Å². The first-order chi connectivity index (χ1) is 7.30. The Hall–Kier alpha value is -1.05. The normalized spacial score (nSPS) is 7.40. The first kappa shape index (κ1) is 12.0. The van der Waals surface area contributed by atoms with Crippen molar-refractivity contribution >= 4 is 37.9 Å². The van der Waals surface area contributed by atoms with Crippen molar-refractivity contribution in [2.45, 2.75) is 0 Å². The predicted molar refractivity (Wildman–Crippen MR) is 74.0 cm³/mol. The minimum atomic E-state index is 0.824. The highest BCUT2D eigenvalue weighted by Gasteiger charge is 1.95. The van der Waals surface area contributed by atoms with Gasteiger partial charge in [0.15, 0.2) is 0 Å². The van der Waals surface area contributed by atoms with Crippen LogP contribution in [0.4, 0.5) is 0 Å². The van der Waals surface area contributed by atoms with Crippen molar-refractivity contribution in [1.29, 1.82) is 0 Å². The minimum Gasteiger partial charge on any atom is -0.0918 e. The second kappa shape index (κ2) is 6.44. The Labute approximate surface area is 106 Å². The minimum absolute atomic E-state index is 0.824. The van der Waals surface area contributed by atoms with Gasteiger partial charge in [0, 0.05) is 16.7 Å². The summed E-state index contributed by atoms with van der Waals surface area (Å²) in [5, 5.41) is 7.60. The molecule has 0 nitrogen and oxygen atoms in total. The molecular weight excluding hydrogens is 240 g/mol. The highest BCUT2D eigenvalue weighted by atomic mass is 32.1. The van der Waals surface area contributed by atoms with E-state index in [2.05, 4.69) is 71.4 Å². The average molecular weight is 246 g/mol. The molecular formula is C12H6S3. The maximum absolute atomic E-state index is 3.84. The van der Waals surface area contributed by atoms with Gasteiger partial charge in [-0.15, -0.1) is 0 Å². The van der Waals surface area contributed by atoms with Crippen molar-refractivity contribution in [3.8, 4) is 33.5 Å². The van der Waals surface area contributed by atoms with Gasteiger partial charge in [0.2, 0.25) is 0 Å². The molecule has 3 heteroatoms. The first-order valence-electron chi connectivity index (χ1n) is 3.90. The zero-order valence-electron chi connectivity index (χ0n) is 7.57. The molecule has 0 aliphatic carbocycles. The molecule has 1 aromatic carbocycles. The van der Waals surface area contributed by atoms with Crippen LogP contribution in [0, 0.1) is 33.5 Å². The molecule has 0 unspecified atom stereocenters. The van der Waals surface area contributed by atoms with E-state index in [0.29, 0.717) is 0 Å². The summed E-state index contributed by atoms with van der Waals surface area (Å²) in [6.07, 6.45) is 0. The van der Waals surface area contributed by atoms with Crippen LogP contribution in [-0.2, 0) is 0 Å². The summed E-state index contributed by atoms with van der Waals surface area (Å²) in [6.45, 7) is 0. The van der Waals surface area contributed by atoms with Crippen LogP contribution in [0.5, 0.6) is 0 Å². The SMILES string of the molecule is SC#Cc1cc(C#CS)cc(C#CS)c1. The van der Waals surface area contributed by atoms with Crippen LogP contribution in [0.25, 0.3) is 0 Å². The molecule has 0 aliphatic heterocycles. The van der Waals surface area contributed by atoms with Crippen molar-refractivity contribution in [2.24, 2.45) is 0 Å². The molecule has 0 N–H and O–H groups in total. The summed E-state index contributed by atoms with van der Waals surface area (Å²) in [5.41, 5.74) is 2.47. The second-order valence-corrected chi connectivity index (χ2v) is 3.18. The summed E-state index contributed by atoms with van der Waals surface area (Å²) in [7, 11) is 0. The first-order valence-corrected chi connectivity index (χ1v) is 5.24. The van der Waals surface area contributed by atoms with E-state index in [1.165, 1.54) is 0 Å². The predicted octanol–water partition coefficient (Wildman–Crippen LogP) is 2.40. The Bertz CT molecular complexity index is 446. The van der Waals surface area contributed by atoms with E-state index in [4.69, 9.17) is 0 Å². The molecule has 0 heterocycles. The van der Waals surface area contributed by atoms with Crippen molar-refractivity contribution in [3.05, 3.63) is 34.9 Å². The fourth-order valence-corrected chi connectivity index (χ4v) is 1.43. The van der Waals surface area contributed by atoms with Crippen LogP contribution >= 0.6 is 37.9 Å². The Balaban J connectivity index is 3.31. The number of hydrogen-bond acceptors (Lipinski definition) is 3.